The predicted molar refractivity (Wildman–Crippen MR) is 78.7 cm³/mol. The summed E-state index contributed by atoms with van der Waals surface area (Å²) in [5.74, 6) is 1.94. The van der Waals surface area contributed by atoms with Crippen LogP contribution in [0.5, 0.6) is 17.2 Å². The molecule has 1 aromatic carbocycles. The first-order valence-electron chi connectivity index (χ1n) is 6.88. The molecule has 0 radical (unpaired) electrons. The molecule has 0 spiro atoms. The molecule has 1 unspecified atom stereocenters. The van der Waals surface area contributed by atoms with Gasteiger partial charge in [-0.3, -0.25) is 0 Å². The van der Waals surface area contributed by atoms with Crippen molar-refractivity contribution in [3.8, 4) is 17.2 Å². The number of benzene rings is 1. The van der Waals surface area contributed by atoms with Crippen LogP contribution in [-0.4, -0.2) is 34.0 Å². The van der Waals surface area contributed by atoms with Crippen molar-refractivity contribution in [3.63, 3.8) is 0 Å². The van der Waals surface area contributed by atoms with Gasteiger partial charge in [0.1, 0.15) is 0 Å². The van der Waals surface area contributed by atoms with Crippen molar-refractivity contribution in [2.75, 3.05) is 27.9 Å². The third kappa shape index (κ3) is 3.45. The maximum atomic E-state index is 5.68. The van der Waals surface area contributed by atoms with Crippen molar-refractivity contribution in [2.45, 2.75) is 25.4 Å². The minimum absolute atomic E-state index is 0.211. The summed E-state index contributed by atoms with van der Waals surface area (Å²) in [7, 11) is 4.84. The lowest BCUT2D eigenvalue weighted by atomic mass is 10.1. The monoisotopic (exact) mass is 278 g/mol. The van der Waals surface area contributed by atoms with Crippen molar-refractivity contribution >= 4 is 6.08 Å². The Kier molecular flexibility index (Phi) is 5.30. The molecule has 0 aromatic heterocycles. The Morgan fingerprint density at radius 1 is 1.05 bits per heavy atom. The standard InChI is InChI=1S/C16H22O4/c1-17-14-10-12(11-15(18-2)16(14)19-3)7-8-13-6-4-5-9-20-13/h7-8,10-11,13H,4-6,9H2,1-3H3/b8-7+. The van der Waals surface area contributed by atoms with Crippen LogP contribution in [0.25, 0.3) is 6.08 Å². The molecule has 0 N–H and O–H groups in total. The van der Waals surface area contributed by atoms with Crippen LogP contribution in [-0.2, 0) is 4.74 Å². The predicted octanol–water partition coefficient (Wildman–Crippen LogP) is 3.29. The van der Waals surface area contributed by atoms with E-state index in [0.717, 1.165) is 25.0 Å². The summed E-state index contributed by atoms with van der Waals surface area (Å²) in [5, 5.41) is 0. The fourth-order valence-electron chi connectivity index (χ4n) is 2.33. The van der Waals surface area contributed by atoms with Crippen LogP contribution in [0.3, 0.4) is 0 Å². The average molecular weight is 278 g/mol. The van der Waals surface area contributed by atoms with E-state index in [-0.39, 0.29) is 6.10 Å². The van der Waals surface area contributed by atoms with Gasteiger partial charge >= 0.3 is 0 Å². The van der Waals surface area contributed by atoms with Gasteiger partial charge < -0.3 is 18.9 Å². The number of hydrogen-bond donors (Lipinski definition) is 0. The largest absolute Gasteiger partial charge is 0.493 e. The van der Waals surface area contributed by atoms with Gasteiger partial charge in [-0.2, -0.15) is 0 Å². The Morgan fingerprint density at radius 3 is 2.25 bits per heavy atom. The molecule has 4 heteroatoms. The summed E-state index contributed by atoms with van der Waals surface area (Å²) in [6.07, 6.45) is 7.82. The van der Waals surface area contributed by atoms with Gasteiger partial charge in [0.15, 0.2) is 11.5 Å². The van der Waals surface area contributed by atoms with E-state index in [1.165, 1.54) is 6.42 Å². The second-order valence-corrected chi connectivity index (χ2v) is 4.72. The van der Waals surface area contributed by atoms with Crippen LogP contribution in [0, 0.1) is 0 Å². The van der Waals surface area contributed by atoms with Crippen LogP contribution in [0.4, 0.5) is 0 Å². The third-order valence-corrected chi connectivity index (χ3v) is 3.41. The third-order valence-electron chi connectivity index (χ3n) is 3.41. The molecule has 0 amide bonds. The number of rotatable bonds is 5. The zero-order chi connectivity index (χ0) is 14.4. The lowest BCUT2D eigenvalue weighted by molar-refractivity contribution is 0.0471. The number of methoxy groups -OCH3 is 3. The molecule has 1 fully saturated rings. The highest BCUT2D eigenvalue weighted by molar-refractivity contribution is 5.62. The minimum Gasteiger partial charge on any atom is -0.493 e. The molecular weight excluding hydrogens is 256 g/mol. The first-order valence-corrected chi connectivity index (χ1v) is 6.88. The first kappa shape index (κ1) is 14.7. The van der Waals surface area contributed by atoms with Gasteiger partial charge in [-0.1, -0.05) is 12.2 Å². The fourth-order valence-corrected chi connectivity index (χ4v) is 2.33. The van der Waals surface area contributed by atoms with Crippen molar-refractivity contribution < 1.29 is 18.9 Å². The van der Waals surface area contributed by atoms with E-state index in [0.29, 0.717) is 17.2 Å². The quantitative estimate of drug-likeness (QED) is 0.828. The summed E-state index contributed by atoms with van der Waals surface area (Å²) >= 11 is 0. The van der Waals surface area contributed by atoms with Gasteiger partial charge in [0, 0.05) is 6.61 Å². The van der Waals surface area contributed by atoms with Crippen molar-refractivity contribution in [1.29, 1.82) is 0 Å². The molecule has 0 bridgehead atoms. The summed E-state index contributed by atoms with van der Waals surface area (Å²) in [5.41, 5.74) is 1.01. The Balaban J connectivity index is 2.20. The van der Waals surface area contributed by atoms with E-state index in [4.69, 9.17) is 18.9 Å². The Labute approximate surface area is 120 Å². The molecule has 0 aliphatic carbocycles. The van der Waals surface area contributed by atoms with E-state index in [2.05, 4.69) is 6.08 Å². The molecule has 2 rings (SSSR count). The molecule has 20 heavy (non-hydrogen) atoms. The lowest BCUT2D eigenvalue weighted by Gasteiger charge is -2.19. The van der Waals surface area contributed by atoms with Crippen LogP contribution < -0.4 is 14.2 Å². The van der Waals surface area contributed by atoms with E-state index in [1.807, 2.05) is 18.2 Å². The Hall–Kier alpha value is -1.68. The van der Waals surface area contributed by atoms with Crippen LogP contribution in [0.1, 0.15) is 24.8 Å². The van der Waals surface area contributed by atoms with Gasteiger partial charge in [-0.15, -0.1) is 0 Å². The first-order chi connectivity index (χ1) is 9.78. The van der Waals surface area contributed by atoms with E-state index in [1.54, 1.807) is 21.3 Å². The highest BCUT2D eigenvalue weighted by Crippen LogP contribution is 2.38. The summed E-state index contributed by atoms with van der Waals surface area (Å²) in [4.78, 5) is 0. The molecule has 1 aromatic rings. The van der Waals surface area contributed by atoms with Crippen LogP contribution in [0.15, 0.2) is 18.2 Å². The summed E-state index contributed by atoms with van der Waals surface area (Å²) in [6.45, 7) is 0.851. The highest BCUT2D eigenvalue weighted by atomic mass is 16.5. The normalized spacial score (nSPS) is 19.1. The van der Waals surface area contributed by atoms with Gasteiger partial charge in [-0.05, 0) is 37.0 Å². The van der Waals surface area contributed by atoms with Crippen LogP contribution in [0.2, 0.25) is 0 Å². The zero-order valence-electron chi connectivity index (χ0n) is 12.3. The van der Waals surface area contributed by atoms with Gasteiger partial charge in [0.25, 0.3) is 0 Å². The van der Waals surface area contributed by atoms with Crippen molar-refractivity contribution in [2.24, 2.45) is 0 Å². The molecule has 1 heterocycles. The van der Waals surface area contributed by atoms with Gasteiger partial charge in [0.2, 0.25) is 5.75 Å². The smallest absolute Gasteiger partial charge is 0.203 e. The molecule has 1 saturated heterocycles. The van der Waals surface area contributed by atoms with E-state index >= 15 is 0 Å². The number of hydrogen-bond acceptors (Lipinski definition) is 4. The highest BCUT2D eigenvalue weighted by Gasteiger charge is 2.13. The SMILES string of the molecule is COc1cc(/C=C/C2CCCCO2)cc(OC)c1OC. The van der Waals surface area contributed by atoms with Crippen molar-refractivity contribution in [3.05, 3.63) is 23.8 Å². The molecule has 1 aliphatic heterocycles. The number of ether oxygens (including phenoxy) is 4. The summed E-state index contributed by atoms with van der Waals surface area (Å²) < 4.78 is 21.7. The topological polar surface area (TPSA) is 36.9 Å². The zero-order valence-corrected chi connectivity index (χ0v) is 12.3. The second-order valence-electron chi connectivity index (χ2n) is 4.72. The molecule has 1 atom stereocenters. The Bertz CT molecular complexity index is 437. The summed E-state index contributed by atoms with van der Waals surface area (Å²) in [6, 6.07) is 3.86. The molecular formula is C16H22O4. The van der Waals surface area contributed by atoms with Gasteiger partial charge in [-0.25, -0.2) is 0 Å². The van der Waals surface area contributed by atoms with E-state index < -0.39 is 0 Å². The maximum absolute atomic E-state index is 5.68. The average Bonchev–Trinajstić information content (AvgIpc) is 2.52. The second kappa shape index (κ2) is 7.20. The molecule has 0 saturated carbocycles. The minimum atomic E-state index is 0.211. The maximum Gasteiger partial charge on any atom is 0.203 e. The Morgan fingerprint density at radius 2 is 1.75 bits per heavy atom. The van der Waals surface area contributed by atoms with Gasteiger partial charge in [0.05, 0.1) is 27.4 Å². The van der Waals surface area contributed by atoms with E-state index in [9.17, 15) is 0 Å². The van der Waals surface area contributed by atoms with Crippen molar-refractivity contribution in [1.82, 2.24) is 0 Å². The molecule has 4 nitrogen and oxygen atoms in total. The fraction of sp³-hybridized carbons (Fsp3) is 0.500. The van der Waals surface area contributed by atoms with Crippen LogP contribution >= 0.6 is 0 Å². The molecule has 110 valence electrons. The lowest BCUT2D eigenvalue weighted by Crippen LogP contribution is -2.15. The molecule has 1 aliphatic rings.